The molecule has 3 heterocycles. The van der Waals surface area contributed by atoms with E-state index in [0.717, 1.165) is 76.9 Å². The van der Waals surface area contributed by atoms with Gasteiger partial charge in [-0.2, -0.15) is 5.10 Å². The molecule has 0 atom stereocenters. The Labute approximate surface area is 150 Å². The summed E-state index contributed by atoms with van der Waals surface area (Å²) in [4.78, 5) is 16.7. The lowest BCUT2D eigenvalue weighted by atomic mass is 9.87. The molecule has 140 valence electrons. The van der Waals surface area contributed by atoms with Gasteiger partial charge in [0.15, 0.2) is 0 Å². The fourth-order valence-electron chi connectivity index (χ4n) is 3.59. The van der Waals surface area contributed by atoms with Crippen LogP contribution in [0, 0.1) is 11.8 Å². The molecule has 7 nitrogen and oxygen atoms in total. The van der Waals surface area contributed by atoms with Gasteiger partial charge in [0.05, 0.1) is 31.6 Å². The Morgan fingerprint density at radius 3 is 2.64 bits per heavy atom. The number of hydrogen-bond donors (Lipinski definition) is 1. The Morgan fingerprint density at radius 2 is 1.96 bits per heavy atom. The molecule has 0 aromatic carbocycles. The van der Waals surface area contributed by atoms with Crippen LogP contribution < -0.4 is 5.32 Å². The van der Waals surface area contributed by atoms with E-state index in [4.69, 9.17) is 4.74 Å². The molecule has 3 rings (SSSR count). The number of nitrogens with zero attached hydrogens (tertiary/aromatic N) is 4. The molecule has 2 amide bonds. The maximum Gasteiger partial charge on any atom is 0.321 e. The molecular weight excluding hydrogens is 318 g/mol. The predicted molar refractivity (Wildman–Crippen MR) is 97.6 cm³/mol. The van der Waals surface area contributed by atoms with Gasteiger partial charge in [0.25, 0.3) is 0 Å². The second kappa shape index (κ2) is 8.67. The zero-order valence-electron chi connectivity index (χ0n) is 15.5. The van der Waals surface area contributed by atoms with E-state index in [0.29, 0.717) is 5.92 Å². The SMILES string of the molecule is CC(C)C1CCN(C(=O)Nc2cnn(CCN3CCOCC3)c2)CC1. The van der Waals surface area contributed by atoms with Gasteiger partial charge in [-0.05, 0) is 24.7 Å². The van der Waals surface area contributed by atoms with Gasteiger partial charge in [0, 0.05) is 38.9 Å². The Balaban J connectivity index is 1.42. The molecule has 2 fully saturated rings. The maximum absolute atomic E-state index is 12.4. The number of rotatable bonds is 5. The molecule has 0 saturated carbocycles. The first-order valence-electron chi connectivity index (χ1n) is 9.50. The number of likely N-dealkylation sites (tertiary alicyclic amines) is 1. The van der Waals surface area contributed by atoms with Gasteiger partial charge < -0.3 is 15.0 Å². The average Bonchev–Trinajstić information content (AvgIpc) is 3.08. The van der Waals surface area contributed by atoms with Crippen LogP contribution in [0.3, 0.4) is 0 Å². The summed E-state index contributed by atoms with van der Waals surface area (Å²) in [7, 11) is 0. The van der Waals surface area contributed by atoms with E-state index >= 15 is 0 Å². The molecule has 25 heavy (non-hydrogen) atoms. The number of carbonyl (C=O) groups is 1. The number of morpholine rings is 1. The number of urea groups is 1. The lowest BCUT2D eigenvalue weighted by molar-refractivity contribution is 0.0360. The summed E-state index contributed by atoms with van der Waals surface area (Å²) in [6.07, 6.45) is 5.85. The maximum atomic E-state index is 12.4. The first-order chi connectivity index (χ1) is 12.1. The van der Waals surface area contributed by atoms with Crippen molar-refractivity contribution in [2.45, 2.75) is 33.2 Å². The summed E-state index contributed by atoms with van der Waals surface area (Å²) < 4.78 is 7.26. The van der Waals surface area contributed by atoms with E-state index in [9.17, 15) is 4.79 Å². The van der Waals surface area contributed by atoms with E-state index in [2.05, 4.69) is 29.2 Å². The van der Waals surface area contributed by atoms with Crippen molar-refractivity contribution in [3.8, 4) is 0 Å². The molecule has 2 aliphatic heterocycles. The second-order valence-corrected chi connectivity index (χ2v) is 7.44. The molecule has 1 aromatic heterocycles. The van der Waals surface area contributed by atoms with Crippen molar-refractivity contribution in [1.82, 2.24) is 19.6 Å². The Hall–Kier alpha value is -1.60. The van der Waals surface area contributed by atoms with E-state index in [-0.39, 0.29) is 6.03 Å². The zero-order chi connectivity index (χ0) is 17.6. The lowest BCUT2D eigenvalue weighted by Gasteiger charge is -2.33. The summed E-state index contributed by atoms with van der Waals surface area (Å²) in [5, 5.41) is 7.34. The number of amides is 2. The molecule has 0 aliphatic carbocycles. The molecule has 7 heteroatoms. The third kappa shape index (κ3) is 5.19. The summed E-state index contributed by atoms with van der Waals surface area (Å²) in [5.74, 6) is 1.45. The summed E-state index contributed by atoms with van der Waals surface area (Å²) in [6, 6.07) is -0.00469. The smallest absolute Gasteiger partial charge is 0.321 e. The molecule has 0 spiro atoms. The number of anilines is 1. The highest BCUT2D eigenvalue weighted by atomic mass is 16.5. The fourth-order valence-corrected chi connectivity index (χ4v) is 3.59. The minimum absolute atomic E-state index is 0.00469. The number of carbonyl (C=O) groups excluding carboxylic acids is 1. The molecule has 2 aliphatic rings. The normalized spacial score (nSPS) is 20.2. The highest BCUT2D eigenvalue weighted by molar-refractivity contribution is 5.89. The zero-order valence-corrected chi connectivity index (χ0v) is 15.5. The second-order valence-electron chi connectivity index (χ2n) is 7.44. The molecule has 0 radical (unpaired) electrons. The van der Waals surface area contributed by atoms with Gasteiger partial charge in [-0.1, -0.05) is 13.8 Å². The predicted octanol–water partition coefficient (Wildman–Crippen LogP) is 2.12. The quantitative estimate of drug-likeness (QED) is 0.884. The summed E-state index contributed by atoms with van der Waals surface area (Å²) >= 11 is 0. The third-order valence-corrected chi connectivity index (χ3v) is 5.40. The molecular formula is C18H31N5O2. The van der Waals surface area contributed by atoms with Gasteiger partial charge >= 0.3 is 6.03 Å². The van der Waals surface area contributed by atoms with Gasteiger partial charge in [0.1, 0.15) is 0 Å². The van der Waals surface area contributed by atoms with E-state index in [1.807, 2.05) is 15.8 Å². The fraction of sp³-hybridized carbons (Fsp3) is 0.778. The van der Waals surface area contributed by atoms with Crippen LogP contribution in [0.2, 0.25) is 0 Å². The van der Waals surface area contributed by atoms with Gasteiger partial charge in [-0.25, -0.2) is 4.79 Å². The Bertz CT molecular complexity index is 545. The highest BCUT2D eigenvalue weighted by Crippen LogP contribution is 2.24. The van der Waals surface area contributed by atoms with Crippen LogP contribution in [0.15, 0.2) is 12.4 Å². The minimum atomic E-state index is -0.00469. The number of hydrogen-bond acceptors (Lipinski definition) is 4. The van der Waals surface area contributed by atoms with Crippen LogP contribution in [-0.2, 0) is 11.3 Å². The van der Waals surface area contributed by atoms with Crippen LogP contribution in [0.25, 0.3) is 0 Å². The highest BCUT2D eigenvalue weighted by Gasteiger charge is 2.24. The Morgan fingerprint density at radius 1 is 1.24 bits per heavy atom. The van der Waals surface area contributed by atoms with Crippen molar-refractivity contribution in [3.63, 3.8) is 0 Å². The van der Waals surface area contributed by atoms with E-state index in [1.165, 1.54) is 0 Å². The van der Waals surface area contributed by atoms with Gasteiger partial charge in [-0.3, -0.25) is 9.58 Å². The topological polar surface area (TPSA) is 62.6 Å². The van der Waals surface area contributed by atoms with Crippen molar-refractivity contribution in [2.75, 3.05) is 51.3 Å². The first kappa shape index (κ1) is 18.2. The van der Waals surface area contributed by atoms with Crippen LogP contribution in [0.4, 0.5) is 10.5 Å². The summed E-state index contributed by atoms with van der Waals surface area (Å²) in [6.45, 7) is 11.6. The van der Waals surface area contributed by atoms with Crippen molar-refractivity contribution in [3.05, 3.63) is 12.4 Å². The van der Waals surface area contributed by atoms with Crippen molar-refractivity contribution >= 4 is 11.7 Å². The van der Waals surface area contributed by atoms with Crippen LogP contribution in [0.1, 0.15) is 26.7 Å². The van der Waals surface area contributed by atoms with Gasteiger partial charge in [-0.15, -0.1) is 0 Å². The first-order valence-corrected chi connectivity index (χ1v) is 9.50. The van der Waals surface area contributed by atoms with Crippen molar-refractivity contribution in [2.24, 2.45) is 11.8 Å². The molecule has 1 aromatic rings. The van der Waals surface area contributed by atoms with Crippen LogP contribution in [0.5, 0.6) is 0 Å². The lowest BCUT2D eigenvalue weighted by Crippen LogP contribution is -2.41. The number of nitrogens with one attached hydrogen (secondary N) is 1. The van der Waals surface area contributed by atoms with Crippen molar-refractivity contribution < 1.29 is 9.53 Å². The Kier molecular flexibility index (Phi) is 6.31. The van der Waals surface area contributed by atoms with E-state index in [1.54, 1.807) is 6.20 Å². The third-order valence-electron chi connectivity index (χ3n) is 5.40. The largest absolute Gasteiger partial charge is 0.379 e. The monoisotopic (exact) mass is 349 g/mol. The van der Waals surface area contributed by atoms with Crippen LogP contribution in [-0.4, -0.2) is 71.5 Å². The minimum Gasteiger partial charge on any atom is -0.379 e. The van der Waals surface area contributed by atoms with E-state index < -0.39 is 0 Å². The molecule has 2 saturated heterocycles. The summed E-state index contributed by atoms with van der Waals surface area (Å²) in [5.41, 5.74) is 0.776. The van der Waals surface area contributed by atoms with Gasteiger partial charge in [0.2, 0.25) is 0 Å². The number of piperidine rings is 1. The molecule has 0 unspecified atom stereocenters. The van der Waals surface area contributed by atoms with Crippen LogP contribution >= 0.6 is 0 Å². The molecule has 0 bridgehead atoms. The number of aromatic nitrogens is 2. The number of ether oxygens (including phenoxy) is 1. The molecule has 1 N–H and O–H groups in total. The average molecular weight is 349 g/mol. The standard InChI is InChI=1S/C18H31N5O2/c1-15(2)16-3-5-22(6-4-16)18(24)20-17-13-19-23(14-17)8-7-21-9-11-25-12-10-21/h13-16H,3-12H2,1-2H3,(H,20,24). The van der Waals surface area contributed by atoms with Crippen molar-refractivity contribution in [1.29, 1.82) is 0 Å².